The summed E-state index contributed by atoms with van der Waals surface area (Å²) in [5, 5.41) is 0.942. The zero-order chi connectivity index (χ0) is 13.1. The molecule has 1 heterocycles. The van der Waals surface area contributed by atoms with Crippen LogP contribution in [0.3, 0.4) is 0 Å². The van der Waals surface area contributed by atoms with Crippen molar-refractivity contribution in [2.45, 2.75) is 6.54 Å². The summed E-state index contributed by atoms with van der Waals surface area (Å²) >= 11 is 11.8. The monoisotopic (exact) mass is 284 g/mol. The van der Waals surface area contributed by atoms with E-state index in [4.69, 9.17) is 23.2 Å². The van der Waals surface area contributed by atoms with Gasteiger partial charge in [0, 0.05) is 31.0 Å². The second-order valence-electron chi connectivity index (χ2n) is 3.93. The van der Waals surface area contributed by atoms with E-state index in [0.717, 1.165) is 11.3 Å². The standard InChI is InChI=1S/C13H11Cl2FN2/c1-18(11-4-2-10(16)3-5-11)8-9-7-17-13(15)6-12(9)14/h2-7H,8H2,1H3. The van der Waals surface area contributed by atoms with E-state index in [-0.39, 0.29) is 5.82 Å². The summed E-state index contributed by atoms with van der Waals surface area (Å²) in [5.74, 6) is -0.252. The summed E-state index contributed by atoms with van der Waals surface area (Å²) in [4.78, 5) is 5.95. The number of hydrogen-bond donors (Lipinski definition) is 0. The molecule has 0 aliphatic rings. The van der Waals surface area contributed by atoms with Crippen LogP contribution in [0.15, 0.2) is 36.5 Å². The molecule has 1 aromatic heterocycles. The Bertz CT molecular complexity index is 543. The highest BCUT2D eigenvalue weighted by molar-refractivity contribution is 6.34. The van der Waals surface area contributed by atoms with E-state index in [9.17, 15) is 4.39 Å². The predicted octanol–water partition coefficient (Wildman–Crippen LogP) is 4.16. The lowest BCUT2D eigenvalue weighted by Crippen LogP contribution is -2.16. The van der Waals surface area contributed by atoms with Gasteiger partial charge in [-0.15, -0.1) is 0 Å². The molecule has 0 fully saturated rings. The lowest BCUT2D eigenvalue weighted by molar-refractivity contribution is 0.627. The van der Waals surface area contributed by atoms with Crippen molar-refractivity contribution in [3.63, 3.8) is 0 Å². The summed E-state index contributed by atoms with van der Waals surface area (Å²) in [6.45, 7) is 0.578. The summed E-state index contributed by atoms with van der Waals surface area (Å²) in [6, 6.07) is 7.89. The van der Waals surface area contributed by atoms with Crippen molar-refractivity contribution in [2.24, 2.45) is 0 Å². The highest BCUT2D eigenvalue weighted by atomic mass is 35.5. The van der Waals surface area contributed by atoms with Crippen molar-refractivity contribution < 1.29 is 4.39 Å². The van der Waals surface area contributed by atoms with Crippen molar-refractivity contribution >= 4 is 28.9 Å². The number of aromatic nitrogens is 1. The molecule has 2 aromatic rings. The fourth-order valence-electron chi connectivity index (χ4n) is 1.59. The van der Waals surface area contributed by atoms with Gasteiger partial charge in [0.05, 0.1) is 5.02 Å². The average Bonchev–Trinajstić information content (AvgIpc) is 2.33. The van der Waals surface area contributed by atoms with Crippen LogP contribution in [-0.2, 0) is 6.54 Å². The fraction of sp³-hybridized carbons (Fsp3) is 0.154. The molecule has 0 N–H and O–H groups in total. The van der Waals surface area contributed by atoms with Crippen LogP contribution in [0.4, 0.5) is 10.1 Å². The normalized spacial score (nSPS) is 10.4. The lowest BCUT2D eigenvalue weighted by atomic mass is 10.2. The van der Waals surface area contributed by atoms with Crippen LogP contribution in [0.2, 0.25) is 10.2 Å². The highest BCUT2D eigenvalue weighted by Crippen LogP contribution is 2.22. The quantitative estimate of drug-likeness (QED) is 0.787. The third kappa shape index (κ3) is 3.12. The molecule has 2 rings (SSSR count). The minimum absolute atomic E-state index is 0.252. The fourth-order valence-corrected chi connectivity index (χ4v) is 2.02. The average molecular weight is 285 g/mol. The van der Waals surface area contributed by atoms with Gasteiger partial charge in [-0.2, -0.15) is 0 Å². The van der Waals surface area contributed by atoms with Crippen LogP contribution in [0, 0.1) is 5.82 Å². The van der Waals surface area contributed by atoms with Gasteiger partial charge in [-0.1, -0.05) is 23.2 Å². The molecule has 0 radical (unpaired) electrons. The van der Waals surface area contributed by atoms with Crippen molar-refractivity contribution in [3.8, 4) is 0 Å². The van der Waals surface area contributed by atoms with E-state index in [2.05, 4.69) is 4.98 Å². The molecular weight excluding hydrogens is 274 g/mol. The summed E-state index contributed by atoms with van der Waals surface area (Å²) < 4.78 is 12.8. The summed E-state index contributed by atoms with van der Waals surface area (Å²) in [5.41, 5.74) is 1.77. The number of nitrogens with zero attached hydrogens (tertiary/aromatic N) is 2. The van der Waals surface area contributed by atoms with Crippen molar-refractivity contribution in [1.29, 1.82) is 0 Å². The van der Waals surface area contributed by atoms with Crippen molar-refractivity contribution in [1.82, 2.24) is 4.98 Å². The molecule has 0 aliphatic heterocycles. The number of anilines is 1. The van der Waals surface area contributed by atoms with Gasteiger partial charge in [-0.3, -0.25) is 0 Å². The van der Waals surface area contributed by atoms with Gasteiger partial charge in [0.1, 0.15) is 11.0 Å². The second kappa shape index (κ2) is 5.55. The zero-order valence-electron chi connectivity index (χ0n) is 9.70. The maximum Gasteiger partial charge on any atom is 0.130 e. The first-order chi connectivity index (χ1) is 8.56. The molecule has 0 aliphatic carbocycles. The number of rotatable bonds is 3. The van der Waals surface area contributed by atoms with Gasteiger partial charge >= 0.3 is 0 Å². The van der Waals surface area contributed by atoms with Crippen molar-refractivity contribution in [3.05, 3.63) is 58.1 Å². The first-order valence-electron chi connectivity index (χ1n) is 5.33. The molecule has 0 amide bonds. The molecule has 2 nitrogen and oxygen atoms in total. The van der Waals surface area contributed by atoms with Gasteiger partial charge in [-0.05, 0) is 30.3 Å². The van der Waals surface area contributed by atoms with Gasteiger partial charge in [0.25, 0.3) is 0 Å². The molecule has 0 spiro atoms. The Labute approximate surface area is 115 Å². The Hall–Kier alpha value is -1.32. The van der Waals surface area contributed by atoms with Gasteiger partial charge in [-0.25, -0.2) is 9.37 Å². The lowest BCUT2D eigenvalue weighted by Gasteiger charge is -2.19. The number of benzene rings is 1. The molecule has 18 heavy (non-hydrogen) atoms. The minimum atomic E-state index is -0.252. The number of halogens is 3. The topological polar surface area (TPSA) is 16.1 Å². The van der Waals surface area contributed by atoms with Crippen LogP contribution in [0.5, 0.6) is 0 Å². The molecule has 0 atom stereocenters. The minimum Gasteiger partial charge on any atom is -0.370 e. The SMILES string of the molecule is CN(Cc1cnc(Cl)cc1Cl)c1ccc(F)cc1. The van der Waals surface area contributed by atoms with E-state index < -0.39 is 0 Å². The van der Waals surface area contributed by atoms with E-state index >= 15 is 0 Å². The Kier molecular flexibility index (Phi) is 4.04. The Morgan fingerprint density at radius 2 is 1.89 bits per heavy atom. The molecule has 1 aromatic carbocycles. The first-order valence-corrected chi connectivity index (χ1v) is 6.08. The summed E-state index contributed by atoms with van der Waals surface area (Å²) in [6.07, 6.45) is 1.64. The molecule has 0 saturated carbocycles. The van der Waals surface area contributed by atoms with E-state index in [1.54, 1.807) is 24.4 Å². The Morgan fingerprint density at radius 1 is 1.22 bits per heavy atom. The van der Waals surface area contributed by atoms with Gasteiger partial charge in [0.15, 0.2) is 0 Å². The molecule has 0 saturated heterocycles. The van der Waals surface area contributed by atoms with Crippen LogP contribution in [-0.4, -0.2) is 12.0 Å². The molecular formula is C13H11Cl2FN2. The highest BCUT2D eigenvalue weighted by Gasteiger charge is 2.07. The third-order valence-electron chi connectivity index (χ3n) is 2.57. The number of pyridine rings is 1. The van der Waals surface area contributed by atoms with Crippen LogP contribution in [0.25, 0.3) is 0 Å². The molecule has 0 bridgehead atoms. The maximum absolute atomic E-state index is 12.8. The van der Waals surface area contributed by atoms with E-state index in [1.807, 2.05) is 11.9 Å². The molecule has 0 unspecified atom stereocenters. The number of hydrogen-bond acceptors (Lipinski definition) is 2. The zero-order valence-corrected chi connectivity index (χ0v) is 11.2. The largest absolute Gasteiger partial charge is 0.370 e. The third-order valence-corrected chi connectivity index (χ3v) is 3.13. The Morgan fingerprint density at radius 3 is 2.50 bits per heavy atom. The van der Waals surface area contributed by atoms with E-state index in [1.165, 1.54) is 12.1 Å². The molecule has 94 valence electrons. The van der Waals surface area contributed by atoms with Gasteiger partial charge < -0.3 is 4.90 Å². The van der Waals surface area contributed by atoms with Crippen LogP contribution >= 0.6 is 23.2 Å². The molecule has 5 heteroatoms. The van der Waals surface area contributed by atoms with Crippen LogP contribution in [0.1, 0.15) is 5.56 Å². The predicted molar refractivity (Wildman–Crippen MR) is 72.8 cm³/mol. The first kappa shape index (κ1) is 13.1. The van der Waals surface area contributed by atoms with Gasteiger partial charge in [0.2, 0.25) is 0 Å². The maximum atomic E-state index is 12.8. The van der Waals surface area contributed by atoms with E-state index in [0.29, 0.717) is 16.7 Å². The smallest absolute Gasteiger partial charge is 0.130 e. The van der Waals surface area contributed by atoms with Crippen LogP contribution < -0.4 is 4.90 Å². The Balaban J connectivity index is 2.15. The summed E-state index contributed by atoms with van der Waals surface area (Å²) in [7, 11) is 1.90. The second-order valence-corrected chi connectivity index (χ2v) is 4.73. The van der Waals surface area contributed by atoms with Crippen molar-refractivity contribution in [2.75, 3.05) is 11.9 Å².